The zero-order valence-electron chi connectivity index (χ0n) is 20.2. The fraction of sp³-hybridized carbons (Fsp3) is 0.214. The molecule has 1 amide bonds. The Balaban J connectivity index is 1.83. The molecule has 0 saturated heterocycles. The molecule has 1 heterocycles. The van der Waals surface area contributed by atoms with Gasteiger partial charge >= 0.3 is 0 Å². The van der Waals surface area contributed by atoms with E-state index in [9.17, 15) is 19.1 Å². The number of benzene rings is 3. The molecule has 1 atom stereocenters. The van der Waals surface area contributed by atoms with Crippen molar-refractivity contribution in [2.24, 2.45) is 0 Å². The first-order valence-corrected chi connectivity index (χ1v) is 11.3. The summed E-state index contributed by atoms with van der Waals surface area (Å²) in [5.41, 5.74) is 1.49. The summed E-state index contributed by atoms with van der Waals surface area (Å²) in [5, 5.41) is 10.9. The minimum atomic E-state index is -1.05. The van der Waals surface area contributed by atoms with Crippen LogP contribution in [0.25, 0.3) is 0 Å². The number of hydrogen-bond acceptors (Lipinski definition) is 6. The highest BCUT2D eigenvalue weighted by atomic mass is 19.1. The van der Waals surface area contributed by atoms with Crippen LogP contribution >= 0.6 is 0 Å². The number of rotatable bonds is 9. The summed E-state index contributed by atoms with van der Waals surface area (Å²) in [5.74, 6) is -1.49. The Kier molecular flexibility index (Phi) is 7.24. The van der Waals surface area contributed by atoms with Gasteiger partial charge in [0, 0.05) is 12.1 Å². The highest BCUT2D eigenvalue weighted by Crippen LogP contribution is 2.46. The second kappa shape index (κ2) is 10.5. The van der Waals surface area contributed by atoms with Crippen LogP contribution in [0.4, 0.5) is 10.1 Å². The number of carbonyl (C=O) groups is 2. The van der Waals surface area contributed by atoms with Crippen molar-refractivity contribution in [1.29, 1.82) is 0 Å². The van der Waals surface area contributed by atoms with E-state index in [1.807, 2.05) is 30.3 Å². The molecule has 1 unspecified atom stereocenters. The Labute approximate surface area is 208 Å². The number of anilines is 1. The van der Waals surface area contributed by atoms with Gasteiger partial charge in [-0.3, -0.25) is 14.5 Å². The van der Waals surface area contributed by atoms with Crippen LogP contribution in [0.15, 0.2) is 78.1 Å². The van der Waals surface area contributed by atoms with Crippen LogP contribution in [-0.2, 0) is 16.0 Å². The Morgan fingerprint density at radius 3 is 2.19 bits per heavy atom. The number of nitrogens with zero attached hydrogens (tertiary/aromatic N) is 1. The second-order valence-corrected chi connectivity index (χ2v) is 8.19. The van der Waals surface area contributed by atoms with Crippen molar-refractivity contribution >= 4 is 17.4 Å². The van der Waals surface area contributed by atoms with Crippen molar-refractivity contribution in [1.82, 2.24) is 0 Å². The Hall–Kier alpha value is -4.33. The number of aliphatic hydroxyl groups is 1. The van der Waals surface area contributed by atoms with Gasteiger partial charge in [-0.25, -0.2) is 4.39 Å². The van der Waals surface area contributed by atoms with E-state index in [1.165, 1.54) is 50.5 Å². The number of aryl methyl sites for hydroxylation is 1. The number of aliphatic hydroxyl groups excluding tert-OH is 1. The average molecular weight is 492 g/mol. The maximum atomic E-state index is 14.1. The predicted octanol–water partition coefficient (Wildman–Crippen LogP) is 4.95. The zero-order chi connectivity index (χ0) is 25.8. The Morgan fingerprint density at radius 2 is 1.61 bits per heavy atom. The molecule has 1 aliphatic heterocycles. The Morgan fingerprint density at radius 1 is 0.944 bits per heavy atom. The molecule has 36 heavy (non-hydrogen) atoms. The third kappa shape index (κ3) is 4.62. The van der Waals surface area contributed by atoms with E-state index in [-0.39, 0.29) is 17.7 Å². The van der Waals surface area contributed by atoms with Crippen molar-refractivity contribution in [2.75, 3.05) is 26.2 Å². The van der Waals surface area contributed by atoms with Crippen molar-refractivity contribution in [2.45, 2.75) is 18.9 Å². The fourth-order valence-corrected chi connectivity index (χ4v) is 4.39. The minimum Gasteiger partial charge on any atom is -0.503 e. The molecule has 1 aliphatic rings. The van der Waals surface area contributed by atoms with Gasteiger partial charge in [0.15, 0.2) is 23.0 Å². The number of hydrogen-bond donors (Lipinski definition) is 1. The molecule has 186 valence electrons. The molecule has 0 radical (unpaired) electrons. The van der Waals surface area contributed by atoms with E-state index in [2.05, 4.69) is 0 Å². The highest BCUT2D eigenvalue weighted by Gasteiger charge is 2.44. The third-order valence-corrected chi connectivity index (χ3v) is 6.08. The summed E-state index contributed by atoms with van der Waals surface area (Å²) in [7, 11) is 4.36. The van der Waals surface area contributed by atoms with E-state index in [0.717, 1.165) is 5.56 Å². The molecule has 3 aromatic carbocycles. The first kappa shape index (κ1) is 24.8. The number of carbonyl (C=O) groups excluding carboxylic acids is 2. The lowest BCUT2D eigenvalue weighted by Gasteiger charge is -2.28. The van der Waals surface area contributed by atoms with E-state index in [4.69, 9.17) is 14.2 Å². The van der Waals surface area contributed by atoms with Crippen LogP contribution in [0.5, 0.6) is 17.2 Å². The maximum Gasteiger partial charge on any atom is 0.294 e. The predicted molar refractivity (Wildman–Crippen MR) is 132 cm³/mol. The van der Waals surface area contributed by atoms with E-state index < -0.39 is 29.3 Å². The van der Waals surface area contributed by atoms with E-state index in [0.29, 0.717) is 29.2 Å². The minimum absolute atomic E-state index is 0.0641. The van der Waals surface area contributed by atoms with E-state index >= 15 is 0 Å². The zero-order valence-corrected chi connectivity index (χ0v) is 20.2. The standard InChI is InChI=1S/C28H26FNO6/c1-34-22-14-18(15-23(35-2)27(22)36-3)25-24(21(31)13-12-17-8-5-4-6-9-17)26(32)28(33)30(25)20-11-7-10-19(29)16-20/h4-11,14-16,25,32H,12-13H2,1-3H3. The number of halogens is 1. The van der Waals surface area contributed by atoms with Crippen molar-refractivity contribution in [3.05, 3.63) is 95.0 Å². The summed E-state index contributed by atoms with van der Waals surface area (Å²) in [6.07, 6.45) is 0.487. The monoisotopic (exact) mass is 491 g/mol. The molecular weight excluding hydrogens is 465 g/mol. The van der Waals surface area contributed by atoms with Gasteiger partial charge < -0.3 is 19.3 Å². The summed E-state index contributed by atoms with van der Waals surface area (Å²) < 4.78 is 30.5. The quantitative estimate of drug-likeness (QED) is 0.456. The molecular formula is C28H26FNO6. The molecule has 4 rings (SSSR count). The molecule has 0 aromatic heterocycles. The molecule has 0 aliphatic carbocycles. The normalized spacial score (nSPS) is 15.3. The maximum absolute atomic E-state index is 14.1. The lowest BCUT2D eigenvalue weighted by atomic mass is 9.92. The molecule has 3 aromatic rings. The lowest BCUT2D eigenvalue weighted by molar-refractivity contribution is -0.118. The number of ether oxygens (including phenoxy) is 3. The molecule has 0 spiro atoms. The number of ketones is 1. The van der Waals surface area contributed by atoms with Gasteiger partial charge in [-0.2, -0.15) is 0 Å². The van der Waals surface area contributed by atoms with Crippen LogP contribution in [0, 0.1) is 5.82 Å². The van der Waals surface area contributed by atoms with Crippen LogP contribution in [0.1, 0.15) is 23.6 Å². The smallest absolute Gasteiger partial charge is 0.294 e. The first-order valence-electron chi connectivity index (χ1n) is 11.3. The molecule has 1 N–H and O–H groups in total. The van der Waals surface area contributed by atoms with Crippen molar-refractivity contribution in [3.8, 4) is 17.2 Å². The third-order valence-electron chi connectivity index (χ3n) is 6.08. The van der Waals surface area contributed by atoms with Gasteiger partial charge in [-0.05, 0) is 47.9 Å². The molecule has 0 fully saturated rings. The first-order chi connectivity index (χ1) is 17.4. The van der Waals surface area contributed by atoms with Crippen LogP contribution in [-0.4, -0.2) is 38.1 Å². The average Bonchev–Trinajstić information content (AvgIpc) is 3.17. The lowest BCUT2D eigenvalue weighted by Crippen LogP contribution is -2.31. The molecule has 7 nitrogen and oxygen atoms in total. The van der Waals surface area contributed by atoms with Crippen molar-refractivity contribution in [3.63, 3.8) is 0 Å². The van der Waals surface area contributed by atoms with Crippen LogP contribution < -0.4 is 19.1 Å². The fourth-order valence-electron chi connectivity index (χ4n) is 4.39. The van der Waals surface area contributed by atoms with Gasteiger partial charge in [0.25, 0.3) is 5.91 Å². The summed E-state index contributed by atoms with van der Waals surface area (Å²) in [6, 6.07) is 17.0. The number of methoxy groups -OCH3 is 3. The number of amides is 1. The molecule has 8 heteroatoms. The van der Waals surface area contributed by atoms with E-state index in [1.54, 1.807) is 12.1 Å². The summed E-state index contributed by atoms with van der Waals surface area (Å²) >= 11 is 0. The topological polar surface area (TPSA) is 85.3 Å². The molecule has 0 saturated carbocycles. The second-order valence-electron chi connectivity index (χ2n) is 8.19. The van der Waals surface area contributed by atoms with Gasteiger partial charge in [0.05, 0.1) is 32.9 Å². The van der Waals surface area contributed by atoms with Gasteiger partial charge in [-0.1, -0.05) is 36.4 Å². The summed E-state index contributed by atoms with van der Waals surface area (Å²) in [4.78, 5) is 28.0. The largest absolute Gasteiger partial charge is 0.503 e. The van der Waals surface area contributed by atoms with Gasteiger partial charge in [-0.15, -0.1) is 0 Å². The van der Waals surface area contributed by atoms with Crippen molar-refractivity contribution < 1.29 is 33.3 Å². The van der Waals surface area contributed by atoms with Gasteiger partial charge in [0.1, 0.15) is 5.82 Å². The Bertz CT molecular complexity index is 1300. The SMILES string of the molecule is COc1cc(C2C(C(=O)CCc3ccccc3)=C(O)C(=O)N2c2cccc(F)c2)cc(OC)c1OC. The summed E-state index contributed by atoms with van der Waals surface area (Å²) in [6.45, 7) is 0. The van der Waals surface area contributed by atoms with Crippen LogP contribution in [0.2, 0.25) is 0 Å². The van der Waals surface area contributed by atoms with Crippen LogP contribution in [0.3, 0.4) is 0 Å². The number of Topliss-reactive ketones (excluding diaryl/α,β-unsaturated/α-hetero) is 1. The molecule has 0 bridgehead atoms. The highest BCUT2D eigenvalue weighted by molar-refractivity contribution is 6.16. The van der Waals surface area contributed by atoms with Gasteiger partial charge in [0.2, 0.25) is 5.75 Å².